The molecule has 1 saturated heterocycles. The van der Waals surface area contributed by atoms with Gasteiger partial charge in [-0.1, -0.05) is 49.4 Å². The number of ether oxygens (including phenoxy) is 2. The van der Waals surface area contributed by atoms with Crippen molar-refractivity contribution in [2.75, 3.05) is 49.9 Å². The Morgan fingerprint density at radius 2 is 1.93 bits per heavy atom. The molecule has 0 unspecified atom stereocenters. The predicted octanol–water partition coefficient (Wildman–Crippen LogP) is 5.86. The highest BCUT2D eigenvalue weighted by atomic mass is 32.1. The van der Waals surface area contributed by atoms with Crippen molar-refractivity contribution in [3.05, 3.63) is 60.4 Å². The Hall–Kier alpha value is -3.93. The zero-order chi connectivity index (χ0) is 34.9. The molecule has 208 valence electrons. The standard InChI is InChI=1S/C29H32N6O4S/c1-29(2,3)25-17-26(39-33-25)32-27(36)30-20-6-4-19(5-7-20)22-18-35-23-9-8-21(16-24(23)40-28(35)31-22)38-15-12-34-10-13-37-14-11-34/h4-9,16-18H,10-15H2,1-3H3,(H2,30,32,36)/i10D2,11D2,13D2,14D2. The first kappa shape index (κ1) is 18.4. The molecule has 40 heavy (non-hydrogen) atoms. The van der Waals surface area contributed by atoms with Crippen molar-refractivity contribution >= 4 is 44.1 Å². The monoisotopic (exact) mass is 568 g/mol. The van der Waals surface area contributed by atoms with Crippen LogP contribution in [0, 0.1) is 0 Å². The van der Waals surface area contributed by atoms with Crippen LogP contribution < -0.4 is 15.4 Å². The number of urea groups is 1. The summed E-state index contributed by atoms with van der Waals surface area (Å²) in [5.41, 5.74) is 3.51. The minimum absolute atomic E-state index is 0.211. The number of thiazole rings is 1. The third-order valence-corrected chi connectivity index (χ3v) is 7.08. The number of aromatic nitrogens is 3. The number of amides is 2. The predicted molar refractivity (Wildman–Crippen MR) is 157 cm³/mol. The summed E-state index contributed by atoms with van der Waals surface area (Å²) in [5.74, 6) is 0.661. The quantitative estimate of drug-likeness (QED) is 0.253. The Kier molecular flexibility index (Phi) is 5.03. The second-order valence-corrected chi connectivity index (χ2v) is 11.0. The molecule has 0 bridgehead atoms. The number of rotatable bonds is 7. The molecule has 4 heterocycles. The molecule has 10 nitrogen and oxygen atoms in total. The zero-order valence-electron chi connectivity index (χ0n) is 29.9. The van der Waals surface area contributed by atoms with E-state index in [-0.39, 0.29) is 17.9 Å². The molecule has 0 spiro atoms. The van der Waals surface area contributed by atoms with Crippen LogP contribution in [0.2, 0.25) is 0 Å². The molecule has 0 atom stereocenters. The highest BCUT2D eigenvalue weighted by molar-refractivity contribution is 7.23. The van der Waals surface area contributed by atoms with E-state index in [0.29, 0.717) is 16.3 Å². The minimum Gasteiger partial charge on any atom is -0.492 e. The Bertz CT molecular complexity index is 1960. The maximum atomic E-state index is 12.5. The lowest BCUT2D eigenvalue weighted by molar-refractivity contribution is 0.0322. The van der Waals surface area contributed by atoms with E-state index in [9.17, 15) is 4.79 Å². The molecule has 5 aromatic rings. The van der Waals surface area contributed by atoms with Crippen LogP contribution in [0.4, 0.5) is 16.4 Å². The SMILES string of the molecule is [2H]C1([2H])OC([2H])([2H])C([2H])([2H])N(CCOc2ccc3c(c2)sc2nc(-c4ccc(NC(=O)Nc5cc(C(C)(C)C)no5)cc4)cn23)C1([2H])[2H]. The van der Waals surface area contributed by atoms with Gasteiger partial charge in [-0.2, -0.15) is 0 Å². The lowest BCUT2D eigenvalue weighted by atomic mass is 9.92. The fourth-order valence-electron chi connectivity index (χ4n) is 3.97. The van der Waals surface area contributed by atoms with E-state index >= 15 is 0 Å². The first-order valence-electron chi connectivity index (χ1n) is 16.5. The van der Waals surface area contributed by atoms with Crippen LogP contribution in [0.1, 0.15) is 37.4 Å². The molecule has 2 aromatic carbocycles. The molecule has 0 radical (unpaired) electrons. The third-order valence-electron chi connectivity index (χ3n) is 6.07. The maximum Gasteiger partial charge on any atom is 0.326 e. The molecule has 1 fully saturated rings. The number of fused-ring (bicyclic) bond motifs is 3. The number of benzene rings is 2. The van der Waals surface area contributed by atoms with Gasteiger partial charge in [0.05, 0.1) is 40.2 Å². The van der Waals surface area contributed by atoms with Gasteiger partial charge in [0.2, 0.25) is 5.88 Å². The number of morpholine rings is 1. The van der Waals surface area contributed by atoms with Crippen LogP contribution in [0.3, 0.4) is 0 Å². The molecule has 0 aliphatic carbocycles. The number of imidazole rings is 1. The number of carbonyl (C=O) groups excluding carboxylic acids is 1. The first-order chi connectivity index (χ1) is 22.3. The zero-order valence-corrected chi connectivity index (χ0v) is 22.8. The van der Waals surface area contributed by atoms with Crippen molar-refractivity contribution in [1.82, 2.24) is 19.4 Å². The van der Waals surface area contributed by atoms with Gasteiger partial charge in [0.25, 0.3) is 0 Å². The van der Waals surface area contributed by atoms with Crippen molar-refractivity contribution in [3.8, 4) is 17.0 Å². The molecular weight excluding hydrogens is 528 g/mol. The molecule has 1 aliphatic rings. The molecule has 2 amide bonds. The van der Waals surface area contributed by atoms with Crippen molar-refractivity contribution in [1.29, 1.82) is 0 Å². The topological polar surface area (TPSA) is 106 Å². The summed E-state index contributed by atoms with van der Waals surface area (Å²) in [6.45, 7) is -6.84. The summed E-state index contributed by atoms with van der Waals surface area (Å²) in [6, 6.07) is 13.7. The first-order valence-corrected chi connectivity index (χ1v) is 13.3. The molecule has 0 saturated carbocycles. The van der Waals surface area contributed by atoms with E-state index in [0.717, 1.165) is 32.1 Å². The van der Waals surface area contributed by atoms with E-state index in [1.807, 2.05) is 49.6 Å². The van der Waals surface area contributed by atoms with E-state index in [1.165, 1.54) is 11.3 Å². The molecule has 6 rings (SSSR count). The van der Waals surface area contributed by atoms with Crippen LogP contribution >= 0.6 is 11.3 Å². The lowest BCUT2D eigenvalue weighted by Gasteiger charge is -2.26. The largest absolute Gasteiger partial charge is 0.492 e. The summed E-state index contributed by atoms with van der Waals surface area (Å²) in [7, 11) is 0. The number of hydrogen-bond acceptors (Lipinski definition) is 8. The minimum atomic E-state index is -3.10. The number of carbonyl (C=O) groups is 1. The lowest BCUT2D eigenvalue weighted by Crippen LogP contribution is -2.38. The average Bonchev–Trinajstić information content (AvgIpc) is 3.69. The summed E-state index contributed by atoms with van der Waals surface area (Å²) in [4.78, 5) is 18.4. The number of hydrogen-bond donors (Lipinski definition) is 2. The van der Waals surface area contributed by atoms with Crippen LogP contribution in [0.15, 0.2) is 59.3 Å². The number of nitrogens with one attached hydrogen (secondary N) is 2. The highest BCUT2D eigenvalue weighted by Gasteiger charge is 2.20. The van der Waals surface area contributed by atoms with Gasteiger partial charge in [0.15, 0.2) is 4.96 Å². The van der Waals surface area contributed by atoms with Crippen LogP contribution in [-0.4, -0.2) is 64.7 Å². The van der Waals surface area contributed by atoms with Gasteiger partial charge in [0, 0.05) is 54.0 Å². The maximum absolute atomic E-state index is 12.5. The van der Waals surface area contributed by atoms with Gasteiger partial charge in [-0.3, -0.25) is 14.6 Å². The normalized spacial score (nSPS) is 22.6. The Morgan fingerprint density at radius 1 is 1.12 bits per heavy atom. The molecule has 2 N–H and O–H groups in total. The van der Waals surface area contributed by atoms with Gasteiger partial charge < -0.3 is 19.3 Å². The molecule has 3 aromatic heterocycles. The van der Waals surface area contributed by atoms with Crippen molar-refractivity contribution in [2.24, 2.45) is 0 Å². The third kappa shape index (κ3) is 5.81. The second kappa shape index (κ2) is 10.9. The molecular formula is C29H32N6O4S. The highest BCUT2D eigenvalue weighted by Crippen LogP contribution is 2.32. The molecule has 11 heteroatoms. The summed E-state index contributed by atoms with van der Waals surface area (Å²) in [5, 5.41) is 9.39. The number of anilines is 2. The number of nitrogens with zero attached hydrogens (tertiary/aromatic N) is 4. The van der Waals surface area contributed by atoms with Gasteiger partial charge in [-0.15, -0.1) is 0 Å². The Labute approximate surface area is 247 Å². The average molecular weight is 569 g/mol. The van der Waals surface area contributed by atoms with Gasteiger partial charge in [-0.25, -0.2) is 9.78 Å². The van der Waals surface area contributed by atoms with Gasteiger partial charge in [0.1, 0.15) is 12.4 Å². The fraction of sp³-hybridized carbons (Fsp3) is 0.345. The summed E-state index contributed by atoms with van der Waals surface area (Å²) < 4.78 is 82.1. The smallest absolute Gasteiger partial charge is 0.326 e. The van der Waals surface area contributed by atoms with Crippen molar-refractivity contribution < 1.29 is 29.8 Å². The van der Waals surface area contributed by atoms with Gasteiger partial charge in [-0.05, 0) is 30.3 Å². The van der Waals surface area contributed by atoms with E-state index in [1.54, 1.807) is 30.3 Å². The Morgan fingerprint density at radius 3 is 2.67 bits per heavy atom. The summed E-state index contributed by atoms with van der Waals surface area (Å²) in [6.07, 6.45) is 1.89. The van der Waals surface area contributed by atoms with Crippen LogP contribution in [0.25, 0.3) is 26.4 Å². The summed E-state index contributed by atoms with van der Waals surface area (Å²) >= 11 is 1.41. The molecule has 1 aliphatic heterocycles. The Balaban J connectivity index is 1.10. The van der Waals surface area contributed by atoms with E-state index in [2.05, 4.69) is 20.5 Å². The second-order valence-electron chi connectivity index (χ2n) is 10.0. The van der Waals surface area contributed by atoms with E-state index < -0.39 is 38.7 Å². The van der Waals surface area contributed by atoms with Crippen molar-refractivity contribution in [2.45, 2.75) is 26.2 Å². The van der Waals surface area contributed by atoms with Crippen LogP contribution in [0.5, 0.6) is 5.75 Å². The van der Waals surface area contributed by atoms with Crippen LogP contribution in [-0.2, 0) is 10.2 Å². The van der Waals surface area contributed by atoms with Gasteiger partial charge >= 0.3 is 6.03 Å². The fourth-order valence-corrected chi connectivity index (χ4v) is 5.01. The van der Waals surface area contributed by atoms with Crippen molar-refractivity contribution in [3.63, 3.8) is 0 Å². The van der Waals surface area contributed by atoms with E-state index in [4.69, 9.17) is 25.2 Å².